The Morgan fingerprint density at radius 1 is 1.31 bits per heavy atom. The first-order chi connectivity index (χ1) is 12.6. The molecule has 3 heterocycles. The molecule has 7 nitrogen and oxygen atoms in total. The Hall–Kier alpha value is -2.77. The number of methoxy groups -OCH3 is 1. The van der Waals surface area contributed by atoms with E-state index < -0.39 is 0 Å². The van der Waals surface area contributed by atoms with E-state index in [4.69, 9.17) is 22.1 Å². The summed E-state index contributed by atoms with van der Waals surface area (Å²) in [5.74, 6) is 0. The molecule has 0 aliphatic carbocycles. The second kappa shape index (κ2) is 8.07. The molecule has 0 aromatic carbocycles. The molecule has 3 aromatic rings. The fourth-order valence-corrected chi connectivity index (χ4v) is 2.68. The summed E-state index contributed by atoms with van der Waals surface area (Å²) < 4.78 is 6.85. The van der Waals surface area contributed by atoms with E-state index in [1.165, 1.54) is 0 Å². The van der Waals surface area contributed by atoms with Gasteiger partial charge in [0.1, 0.15) is 5.15 Å². The third kappa shape index (κ3) is 3.89. The van der Waals surface area contributed by atoms with E-state index >= 15 is 0 Å². The van der Waals surface area contributed by atoms with Crippen molar-refractivity contribution in [2.24, 2.45) is 10.7 Å². The fraction of sp³-hybridized carbons (Fsp3) is 0.222. The monoisotopic (exact) mass is 370 g/mol. The van der Waals surface area contributed by atoms with Crippen LogP contribution in [0.5, 0.6) is 0 Å². The minimum Gasteiger partial charge on any atom is -0.398 e. The van der Waals surface area contributed by atoms with Crippen LogP contribution in [0.3, 0.4) is 0 Å². The number of aromatic nitrogens is 4. The number of rotatable bonds is 6. The molecule has 2 N–H and O–H groups in total. The standard InChI is InChI=1S/C18H19ClN6O/c1-21-10-14(18(20)13-9-23-25(11-13)5-6-26-2)12-7-16-15(22-8-12)3-4-17(19)24-16/h3-4,7-11H,5-6,20H2,1-2H3. The van der Waals surface area contributed by atoms with Gasteiger partial charge in [-0.25, -0.2) is 4.98 Å². The second-order valence-corrected chi connectivity index (χ2v) is 5.98. The number of hydrogen-bond donors (Lipinski definition) is 1. The van der Waals surface area contributed by atoms with E-state index in [1.807, 2.05) is 18.3 Å². The number of aliphatic imine (C=N–C) groups is 1. The summed E-state index contributed by atoms with van der Waals surface area (Å²) >= 11 is 5.99. The molecule has 3 rings (SSSR count). The Kier molecular flexibility index (Phi) is 5.60. The van der Waals surface area contributed by atoms with Crippen molar-refractivity contribution < 1.29 is 4.74 Å². The molecule has 26 heavy (non-hydrogen) atoms. The molecular weight excluding hydrogens is 352 g/mol. The van der Waals surface area contributed by atoms with Crippen LogP contribution in [-0.2, 0) is 11.3 Å². The normalized spacial score (nSPS) is 12.7. The average Bonchev–Trinajstić information content (AvgIpc) is 3.12. The van der Waals surface area contributed by atoms with Crippen molar-refractivity contribution in [1.29, 1.82) is 0 Å². The lowest BCUT2D eigenvalue weighted by Gasteiger charge is -2.08. The number of nitrogens with two attached hydrogens (primary N) is 1. The van der Waals surface area contributed by atoms with Crippen molar-refractivity contribution in [1.82, 2.24) is 19.7 Å². The quantitative estimate of drug-likeness (QED) is 0.532. The Labute approximate surface area is 156 Å². The molecule has 0 saturated carbocycles. The van der Waals surface area contributed by atoms with Gasteiger partial charge in [-0.2, -0.15) is 5.10 Å². The highest BCUT2D eigenvalue weighted by Gasteiger charge is 2.11. The van der Waals surface area contributed by atoms with Crippen LogP contribution in [0.2, 0.25) is 5.15 Å². The minimum absolute atomic E-state index is 0.415. The molecule has 0 bridgehead atoms. The third-order valence-electron chi connectivity index (χ3n) is 3.83. The summed E-state index contributed by atoms with van der Waals surface area (Å²) in [7, 11) is 3.35. The molecule has 0 radical (unpaired) electrons. The summed E-state index contributed by atoms with van der Waals surface area (Å²) in [6, 6.07) is 5.44. The maximum absolute atomic E-state index is 6.40. The molecule has 0 spiro atoms. The van der Waals surface area contributed by atoms with Gasteiger partial charge in [0.15, 0.2) is 0 Å². The topological polar surface area (TPSA) is 91.2 Å². The van der Waals surface area contributed by atoms with Crippen molar-refractivity contribution in [2.45, 2.75) is 6.54 Å². The molecule has 0 fully saturated rings. The van der Waals surface area contributed by atoms with Gasteiger partial charge in [0.25, 0.3) is 0 Å². The van der Waals surface area contributed by atoms with Crippen LogP contribution in [0.25, 0.3) is 22.3 Å². The number of pyridine rings is 2. The Bertz CT molecular complexity index is 979. The van der Waals surface area contributed by atoms with Crippen LogP contribution in [0, 0.1) is 0 Å². The Balaban J connectivity index is 2.04. The summed E-state index contributed by atoms with van der Waals surface area (Å²) in [5.41, 5.74) is 10.8. The molecule has 0 atom stereocenters. The van der Waals surface area contributed by atoms with E-state index in [0.29, 0.717) is 29.5 Å². The zero-order valence-electron chi connectivity index (χ0n) is 14.6. The number of ether oxygens (including phenoxy) is 1. The Morgan fingerprint density at radius 2 is 2.15 bits per heavy atom. The highest BCUT2D eigenvalue weighted by Crippen LogP contribution is 2.23. The summed E-state index contributed by atoms with van der Waals surface area (Å²) in [6.45, 7) is 1.23. The number of nitrogens with zero attached hydrogens (tertiary/aromatic N) is 5. The summed E-state index contributed by atoms with van der Waals surface area (Å²) in [4.78, 5) is 12.9. The maximum atomic E-state index is 6.40. The van der Waals surface area contributed by atoms with Crippen LogP contribution < -0.4 is 5.73 Å². The molecule has 0 aliphatic heterocycles. The van der Waals surface area contributed by atoms with E-state index in [2.05, 4.69) is 20.1 Å². The number of fused-ring (bicyclic) bond motifs is 1. The molecule has 134 valence electrons. The number of hydrogen-bond acceptors (Lipinski definition) is 6. The first-order valence-corrected chi connectivity index (χ1v) is 8.36. The van der Waals surface area contributed by atoms with Gasteiger partial charge in [0.05, 0.1) is 36.1 Å². The first kappa shape index (κ1) is 18.0. The van der Waals surface area contributed by atoms with Gasteiger partial charge in [-0.05, 0) is 18.2 Å². The van der Waals surface area contributed by atoms with Gasteiger partial charge >= 0.3 is 0 Å². The van der Waals surface area contributed by atoms with Crippen LogP contribution in [0.15, 0.2) is 41.8 Å². The number of halogens is 1. The van der Waals surface area contributed by atoms with Crippen molar-refractivity contribution in [3.8, 4) is 0 Å². The highest BCUT2D eigenvalue weighted by molar-refractivity contribution is 6.29. The van der Waals surface area contributed by atoms with Gasteiger partial charge in [-0.1, -0.05) is 11.6 Å². The van der Waals surface area contributed by atoms with Crippen molar-refractivity contribution >= 4 is 40.1 Å². The molecule has 0 amide bonds. The molecule has 3 aromatic heterocycles. The van der Waals surface area contributed by atoms with E-state index in [-0.39, 0.29) is 0 Å². The van der Waals surface area contributed by atoms with Crippen LogP contribution in [0.1, 0.15) is 11.1 Å². The number of allylic oxidation sites excluding steroid dienone is 1. The summed E-state index contributed by atoms with van der Waals surface area (Å²) in [5, 5.41) is 4.72. The largest absolute Gasteiger partial charge is 0.398 e. The van der Waals surface area contributed by atoms with Crippen molar-refractivity contribution in [3.05, 3.63) is 53.1 Å². The van der Waals surface area contributed by atoms with Crippen LogP contribution >= 0.6 is 11.6 Å². The van der Waals surface area contributed by atoms with Gasteiger partial charge in [0, 0.05) is 49.5 Å². The first-order valence-electron chi connectivity index (χ1n) is 7.98. The average molecular weight is 371 g/mol. The van der Waals surface area contributed by atoms with Crippen molar-refractivity contribution in [3.63, 3.8) is 0 Å². The lowest BCUT2D eigenvalue weighted by Crippen LogP contribution is -2.05. The van der Waals surface area contributed by atoms with E-state index in [9.17, 15) is 0 Å². The van der Waals surface area contributed by atoms with Crippen LogP contribution in [0.4, 0.5) is 0 Å². The zero-order chi connectivity index (χ0) is 18.5. The van der Waals surface area contributed by atoms with Crippen LogP contribution in [-0.4, -0.2) is 46.7 Å². The smallest absolute Gasteiger partial charge is 0.129 e. The van der Waals surface area contributed by atoms with Crippen molar-refractivity contribution in [2.75, 3.05) is 20.8 Å². The highest BCUT2D eigenvalue weighted by atomic mass is 35.5. The predicted octanol–water partition coefficient (Wildman–Crippen LogP) is 2.65. The Morgan fingerprint density at radius 3 is 2.92 bits per heavy atom. The van der Waals surface area contributed by atoms with Gasteiger partial charge in [0.2, 0.25) is 0 Å². The zero-order valence-corrected chi connectivity index (χ0v) is 15.3. The predicted molar refractivity (Wildman–Crippen MR) is 104 cm³/mol. The van der Waals surface area contributed by atoms with E-state index in [1.54, 1.807) is 43.5 Å². The molecule has 0 saturated heterocycles. The fourth-order valence-electron chi connectivity index (χ4n) is 2.52. The molecule has 0 unspecified atom stereocenters. The van der Waals surface area contributed by atoms with Gasteiger partial charge in [-0.15, -0.1) is 0 Å². The molecular formula is C18H19ClN6O. The van der Waals surface area contributed by atoms with Gasteiger partial charge < -0.3 is 10.5 Å². The summed E-state index contributed by atoms with van der Waals surface area (Å²) in [6.07, 6.45) is 7.05. The van der Waals surface area contributed by atoms with E-state index in [0.717, 1.165) is 22.2 Å². The maximum Gasteiger partial charge on any atom is 0.129 e. The third-order valence-corrected chi connectivity index (χ3v) is 4.04. The minimum atomic E-state index is 0.415. The lowest BCUT2D eigenvalue weighted by molar-refractivity contribution is 0.183. The van der Waals surface area contributed by atoms with Gasteiger partial charge in [-0.3, -0.25) is 14.7 Å². The molecule has 8 heteroatoms. The SMILES string of the molecule is CN=CC(=C(N)c1cnn(CCOC)c1)c1cnc2ccc(Cl)nc2c1. The second-order valence-electron chi connectivity index (χ2n) is 5.60. The molecule has 0 aliphatic rings. The lowest BCUT2D eigenvalue weighted by atomic mass is 10.0.